The van der Waals surface area contributed by atoms with Crippen molar-refractivity contribution in [2.24, 2.45) is 0 Å². The van der Waals surface area contributed by atoms with Crippen LogP contribution < -0.4 is 20.3 Å². The second kappa shape index (κ2) is 13.5. The number of hydrogen-bond acceptors (Lipinski definition) is 5. The van der Waals surface area contributed by atoms with Crippen molar-refractivity contribution in [1.82, 2.24) is 4.90 Å². The van der Waals surface area contributed by atoms with Gasteiger partial charge in [-0.3, -0.25) is 14.5 Å². The molecule has 8 nitrogen and oxygen atoms in total. The summed E-state index contributed by atoms with van der Waals surface area (Å²) in [6.45, 7) is 2.14. The second-order valence-corrected chi connectivity index (χ2v) is 9.96. The summed E-state index contributed by atoms with van der Waals surface area (Å²) in [6, 6.07) is 16.3. The lowest BCUT2D eigenvalue weighted by atomic mass is 10.2. The highest BCUT2D eigenvalue weighted by molar-refractivity contribution is 7.82. The molecule has 0 spiro atoms. The molecule has 1 aliphatic rings. The summed E-state index contributed by atoms with van der Waals surface area (Å²) in [7, 11) is 0. The van der Waals surface area contributed by atoms with Gasteiger partial charge in [0.15, 0.2) is 0 Å². The van der Waals surface area contributed by atoms with Crippen molar-refractivity contribution in [3.05, 3.63) is 83.1 Å². The molecule has 0 unspecified atom stereocenters. The van der Waals surface area contributed by atoms with Crippen molar-refractivity contribution < 1.29 is 18.8 Å². The SMILES string of the molecule is O=C(CN1CCCCCC1)Nc1ccc(NC(=O)N(S)c2ccc(NC(=O)c3ccccc3F)cc2)cc1Cl. The third kappa shape index (κ3) is 7.95. The number of anilines is 4. The Labute approximate surface area is 237 Å². The number of likely N-dealkylation sites (tertiary alicyclic amines) is 1. The molecule has 0 saturated carbocycles. The van der Waals surface area contributed by atoms with E-state index in [0.29, 0.717) is 29.3 Å². The Morgan fingerprint density at radius 1 is 0.872 bits per heavy atom. The summed E-state index contributed by atoms with van der Waals surface area (Å²) in [5, 5.41) is 8.44. The molecule has 0 radical (unpaired) electrons. The quantitative estimate of drug-likeness (QED) is 0.247. The van der Waals surface area contributed by atoms with Gasteiger partial charge in [0.1, 0.15) is 5.82 Å². The molecular formula is C28H29ClFN5O3S. The molecule has 11 heteroatoms. The van der Waals surface area contributed by atoms with Crippen LogP contribution >= 0.6 is 24.4 Å². The molecule has 1 heterocycles. The standard InChI is InChI=1S/C28H29ClFN5O3S/c29-23-17-20(11-14-25(23)33-26(36)18-34-15-5-1-2-6-16-34)32-28(38)35(39)21-12-9-19(10-13-21)31-27(37)22-7-3-4-8-24(22)30/h3-4,7-14,17,39H,1-2,5-6,15-16,18H2,(H,31,37)(H,32,38)(H,33,36). The number of carbonyl (C=O) groups excluding carboxylic acids is 3. The summed E-state index contributed by atoms with van der Waals surface area (Å²) in [5.74, 6) is -1.33. The summed E-state index contributed by atoms with van der Waals surface area (Å²) in [4.78, 5) is 39.7. The number of carbonyl (C=O) groups is 3. The molecule has 0 atom stereocenters. The molecular weight excluding hydrogens is 541 g/mol. The van der Waals surface area contributed by atoms with Gasteiger partial charge < -0.3 is 16.0 Å². The molecule has 204 valence electrons. The van der Waals surface area contributed by atoms with Crippen LogP contribution in [0.3, 0.4) is 0 Å². The third-order valence-electron chi connectivity index (χ3n) is 6.24. The van der Waals surface area contributed by atoms with Crippen LogP contribution in [0.1, 0.15) is 36.0 Å². The van der Waals surface area contributed by atoms with Crippen LogP contribution in [0, 0.1) is 5.82 Å². The van der Waals surface area contributed by atoms with E-state index in [-0.39, 0.29) is 16.5 Å². The van der Waals surface area contributed by atoms with Gasteiger partial charge in [-0.05, 0) is 80.5 Å². The van der Waals surface area contributed by atoms with Crippen molar-refractivity contribution in [2.45, 2.75) is 25.7 Å². The van der Waals surface area contributed by atoms with E-state index in [9.17, 15) is 18.8 Å². The summed E-state index contributed by atoms with van der Waals surface area (Å²) < 4.78 is 14.9. The zero-order valence-electron chi connectivity index (χ0n) is 21.1. The van der Waals surface area contributed by atoms with Crippen LogP contribution in [-0.2, 0) is 4.79 Å². The van der Waals surface area contributed by atoms with Gasteiger partial charge in [0, 0.05) is 11.4 Å². The molecule has 1 fully saturated rings. The van der Waals surface area contributed by atoms with Crippen LogP contribution in [0.2, 0.25) is 5.02 Å². The number of nitrogens with one attached hydrogen (secondary N) is 3. The van der Waals surface area contributed by atoms with Gasteiger partial charge in [-0.15, -0.1) is 0 Å². The van der Waals surface area contributed by atoms with Gasteiger partial charge >= 0.3 is 6.03 Å². The van der Waals surface area contributed by atoms with Crippen molar-refractivity contribution in [3.8, 4) is 0 Å². The first kappa shape index (κ1) is 28.4. The lowest BCUT2D eigenvalue weighted by Crippen LogP contribution is -2.34. The largest absolute Gasteiger partial charge is 0.336 e. The van der Waals surface area contributed by atoms with E-state index >= 15 is 0 Å². The first-order valence-electron chi connectivity index (χ1n) is 12.6. The first-order valence-corrected chi connectivity index (χ1v) is 13.4. The second-order valence-electron chi connectivity index (χ2n) is 9.16. The van der Waals surface area contributed by atoms with Gasteiger partial charge in [-0.2, -0.15) is 0 Å². The number of rotatable bonds is 7. The molecule has 1 aliphatic heterocycles. The van der Waals surface area contributed by atoms with Crippen LogP contribution in [0.5, 0.6) is 0 Å². The van der Waals surface area contributed by atoms with Gasteiger partial charge in [-0.1, -0.05) is 49.4 Å². The maximum absolute atomic E-state index is 13.8. The Bertz CT molecular complexity index is 1330. The smallest absolute Gasteiger partial charge is 0.324 e. The molecule has 3 aromatic carbocycles. The lowest BCUT2D eigenvalue weighted by molar-refractivity contribution is -0.117. The predicted octanol–water partition coefficient (Wildman–Crippen LogP) is 6.43. The number of thiol groups is 1. The van der Waals surface area contributed by atoms with Crippen molar-refractivity contribution in [1.29, 1.82) is 0 Å². The number of urea groups is 1. The fourth-order valence-electron chi connectivity index (χ4n) is 4.20. The van der Waals surface area contributed by atoms with Crippen LogP contribution in [0.15, 0.2) is 66.7 Å². The molecule has 1 saturated heterocycles. The summed E-state index contributed by atoms with van der Waals surface area (Å²) in [6.07, 6.45) is 4.59. The maximum Gasteiger partial charge on any atom is 0.336 e. The number of benzene rings is 3. The van der Waals surface area contributed by atoms with Gasteiger partial charge in [0.2, 0.25) is 5.91 Å². The minimum absolute atomic E-state index is 0.0709. The van der Waals surface area contributed by atoms with Crippen LogP contribution in [-0.4, -0.2) is 42.4 Å². The van der Waals surface area contributed by atoms with E-state index in [2.05, 4.69) is 33.7 Å². The molecule has 39 heavy (non-hydrogen) atoms. The van der Waals surface area contributed by atoms with E-state index in [0.717, 1.165) is 30.2 Å². The third-order valence-corrected chi connectivity index (χ3v) is 6.97. The van der Waals surface area contributed by atoms with Crippen molar-refractivity contribution in [2.75, 3.05) is 39.9 Å². The highest BCUT2D eigenvalue weighted by atomic mass is 35.5. The molecule has 4 amide bonds. The molecule has 3 N–H and O–H groups in total. The maximum atomic E-state index is 13.8. The van der Waals surface area contributed by atoms with E-state index in [1.807, 2.05) is 0 Å². The zero-order chi connectivity index (χ0) is 27.8. The molecule has 0 bridgehead atoms. The van der Waals surface area contributed by atoms with Crippen LogP contribution in [0.4, 0.5) is 31.9 Å². The molecule has 4 rings (SSSR count). The number of hydrogen-bond donors (Lipinski definition) is 4. The Balaban J connectivity index is 1.31. The Morgan fingerprint density at radius 2 is 1.54 bits per heavy atom. The first-order chi connectivity index (χ1) is 18.8. The average Bonchev–Trinajstić information content (AvgIpc) is 3.19. The Kier molecular flexibility index (Phi) is 9.80. The number of halogens is 2. The van der Waals surface area contributed by atoms with Crippen molar-refractivity contribution in [3.63, 3.8) is 0 Å². The highest BCUT2D eigenvalue weighted by Gasteiger charge is 2.17. The molecule has 3 aromatic rings. The van der Waals surface area contributed by atoms with Crippen molar-refractivity contribution >= 4 is 65.0 Å². The van der Waals surface area contributed by atoms with E-state index < -0.39 is 17.8 Å². The highest BCUT2D eigenvalue weighted by Crippen LogP contribution is 2.27. The van der Waals surface area contributed by atoms with E-state index in [1.54, 1.807) is 48.5 Å². The van der Waals surface area contributed by atoms with Gasteiger partial charge in [0.25, 0.3) is 5.91 Å². The fraction of sp³-hybridized carbons (Fsp3) is 0.250. The normalized spacial score (nSPS) is 13.7. The van der Waals surface area contributed by atoms with Gasteiger partial charge in [-0.25, -0.2) is 13.5 Å². The Hall–Kier alpha value is -3.60. The van der Waals surface area contributed by atoms with E-state index in [1.165, 1.54) is 31.0 Å². The average molecular weight is 570 g/mol. The molecule has 0 aromatic heterocycles. The van der Waals surface area contributed by atoms with Crippen LogP contribution in [0.25, 0.3) is 0 Å². The topological polar surface area (TPSA) is 93.8 Å². The molecule has 0 aliphatic carbocycles. The zero-order valence-corrected chi connectivity index (χ0v) is 22.8. The minimum Gasteiger partial charge on any atom is -0.324 e. The minimum atomic E-state index is -0.617. The predicted molar refractivity (Wildman–Crippen MR) is 156 cm³/mol. The fourth-order valence-corrected chi connectivity index (χ4v) is 4.62. The van der Waals surface area contributed by atoms with E-state index in [4.69, 9.17) is 11.6 Å². The Morgan fingerprint density at radius 3 is 2.21 bits per heavy atom. The number of nitrogens with zero attached hydrogens (tertiary/aromatic N) is 2. The lowest BCUT2D eigenvalue weighted by Gasteiger charge is -2.19. The number of amides is 4. The monoisotopic (exact) mass is 569 g/mol. The van der Waals surface area contributed by atoms with Gasteiger partial charge in [0.05, 0.1) is 28.5 Å². The summed E-state index contributed by atoms with van der Waals surface area (Å²) in [5.41, 5.74) is 1.67. The summed E-state index contributed by atoms with van der Waals surface area (Å²) >= 11 is 10.6.